The van der Waals surface area contributed by atoms with Gasteiger partial charge in [-0.15, -0.1) is 0 Å². The first kappa shape index (κ1) is 9.49. The summed E-state index contributed by atoms with van der Waals surface area (Å²) in [5.41, 5.74) is 0. The van der Waals surface area contributed by atoms with Crippen LogP contribution in [0.4, 0.5) is 4.39 Å². The Morgan fingerprint density at radius 2 is 2.33 bits per heavy atom. The summed E-state index contributed by atoms with van der Waals surface area (Å²) in [5.74, 6) is -0.337. The maximum absolute atomic E-state index is 13.0. The highest BCUT2D eigenvalue weighted by Crippen LogP contribution is 2.30. The van der Waals surface area contributed by atoms with E-state index in [1.807, 2.05) is 0 Å². The van der Waals surface area contributed by atoms with Gasteiger partial charge in [-0.25, -0.2) is 4.39 Å². The van der Waals surface area contributed by atoms with Crippen molar-refractivity contribution in [1.29, 1.82) is 0 Å². The number of halogens is 1. The zero-order valence-electron chi connectivity index (χ0n) is 7.38. The van der Waals surface area contributed by atoms with Crippen molar-refractivity contribution >= 4 is 5.97 Å². The molecular weight excluding hydrogens is 159 g/mol. The van der Waals surface area contributed by atoms with Crippen molar-refractivity contribution in [3.05, 3.63) is 0 Å². The average Bonchev–Trinajstić information content (AvgIpc) is 2.37. The highest BCUT2D eigenvalue weighted by molar-refractivity contribution is 5.69. The van der Waals surface area contributed by atoms with Crippen molar-refractivity contribution in [3.8, 4) is 0 Å². The molecule has 0 bridgehead atoms. The van der Waals surface area contributed by atoms with E-state index in [1.54, 1.807) is 6.92 Å². The summed E-state index contributed by atoms with van der Waals surface area (Å²) in [5, 5.41) is 0. The molecule has 0 aromatic rings. The van der Waals surface area contributed by atoms with Gasteiger partial charge >= 0.3 is 5.97 Å². The molecular formula is C9H15FO2. The third kappa shape index (κ3) is 2.47. The summed E-state index contributed by atoms with van der Waals surface area (Å²) >= 11 is 0. The number of alkyl halides is 1. The number of esters is 1. The van der Waals surface area contributed by atoms with Gasteiger partial charge in [0.05, 0.1) is 13.0 Å². The van der Waals surface area contributed by atoms with Crippen LogP contribution in [0.25, 0.3) is 0 Å². The van der Waals surface area contributed by atoms with Crippen LogP contribution in [-0.2, 0) is 9.53 Å². The number of hydrogen-bond donors (Lipinski definition) is 0. The van der Waals surface area contributed by atoms with Crippen molar-refractivity contribution in [1.82, 2.24) is 0 Å². The first-order valence-electron chi connectivity index (χ1n) is 4.53. The Balaban J connectivity index is 2.25. The van der Waals surface area contributed by atoms with Crippen LogP contribution in [0.15, 0.2) is 0 Å². The van der Waals surface area contributed by atoms with Gasteiger partial charge in [-0.1, -0.05) is 6.42 Å². The third-order valence-corrected chi connectivity index (χ3v) is 2.30. The average molecular weight is 174 g/mol. The molecule has 0 spiro atoms. The summed E-state index contributed by atoms with van der Waals surface area (Å²) in [6.45, 7) is 2.15. The molecule has 2 atom stereocenters. The van der Waals surface area contributed by atoms with Gasteiger partial charge in [0.25, 0.3) is 0 Å². The quantitative estimate of drug-likeness (QED) is 0.612. The minimum atomic E-state index is -0.783. The largest absolute Gasteiger partial charge is 0.466 e. The molecule has 1 saturated carbocycles. The van der Waals surface area contributed by atoms with Crippen LogP contribution >= 0.6 is 0 Å². The van der Waals surface area contributed by atoms with Crippen LogP contribution in [0.5, 0.6) is 0 Å². The van der Waals surface area contributed by atoms with Gasteiger partial charge in [-0.3, -0.25) is 4.79 Å². The molecule has 3 heteroatoms. The Bertz CT molecular complexity index is 159. The molecule has 0 N–H and O–H groups in total. The van der Waals surface area contributed by atoms with E-state index in [0.717, 1.165) is 12.8 Å². The molecule has 2 nitrogen and oxygen atoms in total. The lowest BCUT2D eigenvalue weighted by Crippen LogP contribution is -2.15. The lowest BCUT2D eigenvalue weighted by molar-refractivity contribution is -0.144. The van der Waals surface area contributed by atoms with Crippen LogP contribution < -0.4 is 0 Å². The predicted octanol–water partition coefficient (Wildman–Crippen LogP) is 2.08. The monoisotopic (exact) mass is 174 g/mol. The van der Waals surface area contributed by atoms with Gasteiger partial charge < -0.3 is 4.74 Å². The van der Waals surface area contributed by atoms with Gasteiger partial charge in [0.2, 0.25) is 0 Å². The summed E-state index contributed by atoms with van der Waals surface area (Å²) in [6.07, 6.45) is 1.83. The molecule has 0 aromatic heterocycles. The maximum Gasteiger partial charge on any atom is 0.306 e. The molecule has 0 saturated heterocycles. The zero-order valence-corrected chi connectivity index (χ0v) is 7.38. The normalized spacial score (nSPS) is 28.8. The zero-order chi connectivity index (χ0) is 8.97. The summed E-state index contributed by atoms with van der Waals surface area (Å²) < 4.78 is 17.7. The van der Waals surface area contributed by atoms with Gasteiger partial charge in [0.1, 0.15) is 6.17 Å². The molecule has 0 aliphatic heterocycles. The second-order valence-electron chi connectivity index (χ2n) is 3.22. The molecule has 70 valence electrons. The molecule has 1 aliphatic rings. The lowest BCUT2D eigenvalue weighted by atomic mass is 10.0. The minimum Gasteiger partial charge on any atom is -0.466 e. The minimum absolute atomic E-state index is 0.0796. The predicted molar refractivity (Wildman–Crippen MR) is 43.5 cm³/mol. The molecule has 1 fully saturated rings. The Morgan fingerprint density at radius 1 is 1.58 bits per heavy atom. The van der Waals surface area contributed by atoms with Crippen molar-refractivity contribution in [2.45, 2.75) is 38.8 Å². The lowest BCUT2D eigenvalue weighted by Gasteiger charge is -2.10. The highest BCUT2D eigenvalue weighted by atomic mass is 19.1. The van der Waals surface area contributed by atoms with Gasteiger partial charge in [0, 0.05) is 5.92 Å². The van der Waals surface area contributed by atoms with E-state index in [-0.39, 0.29) is 18.3 Å². The molecule has 2 unspecified atom stereocenters. The topological polar surface area (TPSA) is 26.3 Å². The van der Waals surface area contributed by atoms with Crippen LogP contribution in [0, 0.1) is 5.92 Å². The van der Waals surface area contributed by atoms with Crippen molar-refractivity contribution in [3.63, 3.8) is 0 Å². The van der Waals surface area contributed by atoms with E-state index in [2.05, 4.69) is 0 Å². The Hall–Kier alpha value is -0.600. The third-order valence-electron chi connectivity index (χ3n) is 2.30. The second-order valence-corrected chi connectivity index (χ2v) is 3.22. The number of carbonyl (C=O) groups is 1. The van der Waals surface area contributed by atoms with Gasteiger partial charge in [-0.05, 0) is 19.8 Å². The van der Waals surface area contributed by atoms with Crippen LogP contribution in [0.1, 0.15) is 32.6 Å². The first-order chi connectivity index (χ1) is 5.74. The summed E-state index contributed by atoms with van der Waals surface area (Å²) in [7, 11) is 0. The first-order valence-corrected chi connectivity index (χ1v) is 4.53. The Labute approximate surface area is 72.1 Å². The van der Waals surface area contributed by atoms with Crippen LogP contribution in [0.2, 0.25) is 0 Å². The Kier molecular flexibility index (Phi) is 3.50. The Morgan fingerprint density at radius 3 is 2.83 bits per heavy atom. The van der Waals surface area contributed by atoms with E-state index in [9.17, 15) is 9.18 Å². The maximum atomic E-state index is 13.0. The standard InChI is InChI=1S/C9H15FO2/c1-2-12-9(11)6-7-4-3-5-8(7)10/h7-8H,2-6H2,1H3. The number of ether oxygens (including phenoxy) is 1. The van der Waals surface area contributed by atoms with E-state index < -0.39 is 6.17 Å². The highest BCUT2D eigenvalue weighted by Gasteiger charge is 2.29. The molecule has 0 radical (unpaired) electrons. The van der Waals surface area contributed by atoms with Crippen LogP contribution in [0.3, 0.4) is 0 Å². The molecule has 0 heterocycles. The van der Waals surface area contributed by atoms with E-state index in [4.69, 9.17) is 4.74 Å². The second kappa shape index (κ2) is 4.43. The fraction of sp³-hybridized carbons (Fsp3) is 0.889. The van der Waals surface area contributed by atoms with Gasteiger partial charge in [0.15, 0.2) is 0 Å². The fourth-order valence-corrected chi connectivity index (χ4v) is 1.66. The van der Waals surface area contributed by atoms with Crippen molar-refractivity contribution in [2.75, 3.05) is 6.61 Å². The summed E-state index contributed by atoms with van der Waals surface area (Å²) in [6, 6.07) is 0. The number of carbonyl (C=O) groups excluding carboxylic acids is 1. The van der Waals surface area contributed by atoms with E-state index in [0.29, 0.717) is 13.0 Å². The fourth-order valence-electron chi connectivity index (χ4n) is 1.66. The molecule has 1 aliphatic carbocycles. The molecule has 1 rings (SSSR count). The van der Waals surface area contributed by atoms with E-state index in [1.165, 1.54) is 0 Å². The SMILES string of the molecule is CCOC(=O)CC1CCCC1F. The van der Waals surface area contributed by atoms with Crippen molar-refractivity contribution in [2.24, 2.45) is 5.92 Å². The molecule has 0 amide bonds. The molecule has 0 aromatic carbocycles. The van der Waals surface area contributed by atoms with E-state index >= 15 is 0 Å². The summed E-state index contributed by atoms with van der Waals surface area (Å²) in [4.78, 5) is 11.0. The van der Waals surface area contributed by atoms with Crippen molar-refractivity contribution < 1.29 is 13.9 Å². The smallest absolute Gasteiger partial charge is 0.306 e. The van der Waals surface area contributed by atoms with Crippen LogP contribution in [-0.4, -0.2) is 18.7 Å². The number of hydrogen-bond acceptors (Lipinski definition) is 2. The molecule has 12 heavy (non-hydrogen) atoms. The van der Waals surface area contributed by atoms with Gasteiger partial charge in [-0.2, -0.15) is 0 Å². The number of rotatable bonds is 3.